The maximum absolute atomic E-state index is 13.1. The van der Waals surface area contributed by atoms with Gasteiger partial charge in [-0.25, -0.2) is 10.1 Å². The quantitative estimate of drug-likeness (QED) is 0.711. The van der Waals surface area contributed by atoms with Gasteiger partial charge in [0.1, 0.15) is 5.82 Å². The van der Waals surface area contributed by atoms with Crippen LogP contribution in [0.15, 0.2) is 47.4 Å². The molecular formula is C21H21N5O3. The fraction of sp³-hybridized carbons (Fsp3) is 0.286. The minimum absolute atomic E-state index is 0.155. The Labute approximate surface area is 167 Å². The Balaban J connectivity index is 1.52. The van der Waals surface area contributed by atoms with E-state index >= 15 is 0 Å². The highest BCUT2D eigenvalue weighted by Gasteiger charge is 2.30. The van der Waals surface area contributed by atoms with Crippen LogP contribution in [0.3, 0.4) is 0 Å². The number of nitrogens with zero attached hydrogens (tertiary/aromatic N) is 3. The summed E-state index contributed by atoms with van der Waals surface area (Å²) in [5, 5.41) is 10.1. The molecule has 0 bridgehead atoms. The lowest BCUT2D eigenvalue weighted by molar-refractivity contribution is -0.121. The first kappa shape index (κ1) is 18.8. The molecule has 1 fully saturated rings. The second kappa shape index (κ2) is 7.83. The number of likely N-dealkylation sites (tertiary alicyclic amines) is 1. The maximum Gasteiger partial charge on any atom is 0.274 e. The van der Waals surface area contributed by atoms with Crippen molar-refractivity contribution < 1.29 is 9.59 Å². The number of benzene rings is 1. The van der Waals surface area contributed by atoms with Crippen LogP contribution in [0.2, 0.25) is 0 Å². The molecule has 0 spiro atoms. The lowest BCUT2D eigenvalue weighted by Gasteiger charge is -2.31. The van der Waals surface area contributed by atoms with E-state index in [1.165, 1.54) is 0 Å². The van der Waals surface area contributed by atoms with E-state index in [9.17, 15) is 14.4 Å². The van der Waals surface area contributed by atoms with Gasteiger partial charge in [0.25, 0.3) is 11.5 Å². The number of aryl methyl sites for hydroxylation is 1. The smallest absolute Gasteiger partial charge is 0.274 e. The number of pyridine rings is 1. The minimum atomic E-state index is -0.335. The van der Waals surface area contributed by atoms with Gasteiger partial charge < -0.3 is 10.2 Å². The molecule has 1 unspecified atom stereocenters. The summed E-state index contributed by atoms with van der Waals surface area (Å²) in [7, 11) is 0. The van der Waals surface area contributed by atoms with Gasteiger partial charge in [-0.15, -0.1) is 0 Å². The van der Waals surface area contributed by atoms with Gasteiger partial charge in [0.05, 0.1) is 11.3 Å². The molecule has 0 saturated carbocycles. The van der Waals surface area contributed by atoms with Crippen molar-refractivity contribution >= 4 is 28.4 Å². The third-order valence-corrected chi connectivity index (χ3v) is 5.14. The topological polar surface area (TPSA) is 108 Å². The number of fused-ring (bicyclic) bond motifs is 1. The number of anilines is 1. The number of hydrogen-bond acceptors (Lipinski definition) is 5. The van der Waals surface area contributed by atoms with E-state index in [-0.39, 0.29) is 29.0 Å². The lowest BCUT2D eigenvalue weighted by Crippen LogP contribution is -2.44. The van der Waals surface area contributed by atoms with Crippen molar-refractivity contribution in [3.63, 3.8) is 0 Å². The van der Waals surface area contributed by atoms with Crippen molar-refractivity contribution in [3.8, 4) is 0 Å². The SMILES string of the molecule is Cc1ccc(NC(=O)C2CCCN(C(=O)c3n[nH]c(=O)c4ccccc34)C2)nc1. The fourth-order valence-electron chi connectivity index (χ4n) is 3.57. The van der Waals surface area contributed by atoms with Gasteiger partial charge in [-0.3, -0.25) is 14.4 Å². The molecule has 2 amide bonds. The third-order valence-electron chi connectivity index (χ3n) is 5.14. The summed E-state index contributed by atoms with van der Waals surface area (Å²) < 4.78 is 0. The second-order valence-corrected chi connectivity index (χ2v) is 7.25. The van der Waals surface area contributed by atoms with Crippen LogP contribution in [0.1, 0.15) is 28.9 Å². The van der Waals surface area contributed by atoms with Crippen LogP contribution < -0.4 is 10.9 Å². The van der Waals surface area contributed by atoms with Gasteiger partial charge in [-0.1, -0.05) is 24.3 Å². The number of nitrogens with one attached hydrogen (secondary N) is 2. The van der Waals surface area contributed by atoms with Crippen LogP contribution in [0, 0.1) is 12.8 Å². The van der Waals surface area contributed by atoms with Gasteiger partial charge in [0, 0.05) is 24.7 Å². The predicted molar refractivity (Wildman–Crippen MR) is 109 cm³/mol. The molecule has 1 aliphatic heterocycles. The number of H-pyrrole nitrogens is 1. The van der Waals surface area contributed by atoms with Crippen molar-refractivity contribution in [2.24, 2.45) is 5.92 Å². The summed E-state index contributed by atoms with van der Waals surface area (Å²) in [5.74, 6) is -0.274. The highest BCUT2D eigenvalue weighted by atomic mass is 16.2. The van der Waals surface area contributed by atoms with E-state index in [0.717, 1.165) is 5.56 Å². The Kier molecular flexibility index (Phi) is 5.07. The van der Waals surface area contributed by atoms with Gasteiger partial charge >= 0.3 is 0 Å². The van der Waals surface area contributed by atoms with Gasteiger partial charge in [-0.2, -0.15) is 5.10 Å². The van der Waals surface area contributed by atoms with Crippen LogP contribution in [0.5, 0.6) is 0 Å². The molecule has 4 rings (SSSR count). The van der Waals surface area contributed by atoms with Gasteiger partial charge in [-0.05, 0) is 37.5 Å². The van der Waals surface area contributed by atoms with Crippen molar-refractivity contribution in [1.82, 2.24) is 20.1 Å². The normalized spacial score (nSPS) is 16.6. The average Bonchev–Trinajstić information content (AvgIpc) is 2.75. The number of aromatic amines is 1. The molecule has 1 atom stereocenters. The number of rotatable bonds is 3. The molecule has 1 aliphatic rings. The highest BCUT2D eigenvalue weighted by molar-refractivity contribution is 6.05. The zero-order chi connectivity index (χ0) is 20.4. The van der Waals surface area contributed by atoms with E-state index in [1.54, 1.807) is 41.4 Å². The molecule has 2 N–H and O–H groups in total. The standard InChI is InChI=1S/C21H21N5O3/c1-13-8-9-17(22-11-13)23-19(27)14-5-4-10-26(12-14)21(29)18-15-6-2-3-7-16(15)20(28)25-24-18/h2-3,6-9,11,14H,4-5,10,12H2,1H3,(H,25,28)(H,22,23,27). The largest absolute Gasteiger partial charge is 0.336 e. The first-order valence-electron chi connectivity index (χ1n) is 9.53. The average molecular weight is 391 g/mol. The number of carbonyl (C=O) groups is 2. The Morgan fingerprint density at radius 3 is 2.72 bits per heavy atom. The van der Waals surface area contributed by atoms with E-state index in [2.05, 4.69) is 20.5 Å². The molecular weight excluding hydrogens is 370 g/mol. The summed E-state index contributed by atoms with van der Waals surface area (Å²) in [6.07, 6.45) is 3.10. The van der Waals surface area contributed by atoms with Crippen molar-refractivity contribution in [2.45, 2.75) is 19.8 Å². The molecule has 2 aromatic heterocycles. The lowest BCUT2D eigenvalue weighted by atomic mass is 9.96. The highest BCUT2D eigenvalue weighted by Crippen LogP contribution is 2.22. The molecule has 148 valence electrons. The Bertz CT molecular complexity index is 1120. The molecule has 3 heterocycles. The molecule has 3 aromatic rings. The number of aromatic nitrogens is 3. The van der Waals surface area contributed by atoms with E-state index in [1.807, 2.05) is 13.0 Å². The zero-order valence-corrected chi connectivity index (χ0v) is 16.0. The number of piperidine rings is 1. The second-order valence-electron chi connectivity index (χ2n) is 7.25. The van der Waals surface area contributed by atoms with Crippen molar-refractivity contribution in [3.05, 3.63) is 64.2 Å². The van der Waals surface area contributed by atoms with Crippen LogP contribution in [-0.4, -0.2) is 45.0 Å². The maximum atomic E-state index is 13.1. The van der Waals surface area contributed by atoms with Crippen LogP contribution in [0.25, 0.3) is 10.8 Å². The third kappa shape index (κ3) is 3.87. The Morgan fingerprint density at radius 1 is 1.17 bits per heavy atom. The molecule has 1 saturated heterocycles. The molecule has 1 aromatic carbocycles. The molecule has 0 radical (unpaired) electrons. The summed E-state index contributed by atoms with van der Waals surface area (Å²) in [4.78, 5) is 43.5. The summed E-state index contributed by atoms with van der Waals surface area (Å²) in [6.45, 7) is 2.77. The van der Waals surface area contributed by atoms with Crippen LogP contribution in [0.4, 0.5) is 5.82 Å². The van der Waals surface area contributed by atoms with Crippen LogP contribution in [-0.2, 0) is 4.79 Å². The summed E-state index contributed by atoms with van der Waals surface area (Å²) >= 11 is 0. The van der Waals surface area contributed by atoms with Gasteiger partial charge in [0.15, 0.2) is 5.69 Å². The minimum Gasteiger partial charge on any atom is -0.336 e. The van der Waals surface area contributed by atoms with E-state index < -0.39 is 0 Å². The Morgan fingerprint density at radius 2 is 1.97 bits per heavy atom. The first-order valence-corrected chi connectivity index (χ1v) is 9.53. The molecule has 0 aliphatic carbocycles. The fourth-order valence-corrected chi connectivity index (χ4v) is 3.57. The zero-order valence-electron chi connectivity index (χ0n) is 16.0. The van der Waals surface area contributed by atoms with E-state index in [4.69, 9.17) is 0 Å². The molecule has 29 heavy (non-hydrogen) atoms. The van der Waals surface area contributed by atoms with E-state index in [0.29, 0.717) is 42.5 Å². The van der Waals surface area contributed by atoms with Crippen LogP contribution >= 0.6 is 0 Å². The molecule has 8 heteroatoms. The van der Waals surface area contributed by atoms with Crippen molar-refractivity contribution in [1.29, 1.82) is 0 Å². The van der Waals surface area contributed by atoms with Crippen molar-refractivity contribution in [2.75, 3.05) is 18.4 Å². The monoisotopic (exact) mass is 391 g/mol. The molecule has 8 nitrogen and oxygen atoms in total. The first-order chi connectivity index (χ1) is 14.0. The van der Waals surface area contributed by atoms with Gasteiger partial charge in [0.2, 0.25) is 5.91 Å². The summed E-state index contributed by atoms with van der Waals surface area (Å²) in [6, 6.07) is 10.5. The number of carbonyl (C=O) groups excluding carboxylic acids is 2. The predicted octanol–water partition coefficient (Wildman–Crippen LogP) is 2.12. The number of amides is 2. The summed E-state index contributed by atoms with van der Waals surface area (Å²) in [5.41, 5.74) is 0.873. The Hall–Kier alpha value is -3.55. The number of hydrogen-bond donors (Lipinski definition) is 2.